The summed E-state index contributed by atoms with van der Waals surface area (Å²) in [5.74, 6) is -0.605. The van der Waals surface area contributed by atoms with Gasteiger partial charge in [0, 0.05) is 22.5 Å². The maximum atomic E-state index is 13.6. The van der Waals surface area contributed by atoms with Crippen LogP contribution >= 0.6 is 23.2 Å². The summed E-state index contributed by atoms with van der Waals surface area (Å²) in [4.78, 5) is 0. The molecule has 0 aromatic heterocycles. The van der Waals surface area contributed by atoms with Crippen molar-refractivity contribution in [3.63, 3.8) is 0 Å². The largest absolute Gasteiger partial charge is 0.385 e. The molecule has 1 aromatic rings. The van der Waals surface area contributed by atoms with E-state index in [0.29, 0.717) is 12.0 Å². The average Bonchev–Trinajstić information content (AvgIpc) is 2.32. The highest BCUT2D eigenvalue weighted by molar-refractivity contribution is 6.35. The lowest BCUT2D eigenvalue weighted by molar-refractivity contribution is -0.0647. The molecule has 0 saturated heterocycles. The molecule has 1 aromatic carbocycles. The molecule has 0 amide bonds. The van der Waals surface area contributed by atoms with Crippen molar-refractivity contribution in [3.8, 4) is 0 Å². The predicted molar refractivity (Wildman–Crippen MR) is 73.4 cm³/mol. The summed E-state index contributed by atoms with van der Waals surface area (Å²) in [6.07, 6.45) is 0.636. The average molecular weight is 294 g/mol. The lowest BCUT2D eigenvalue weighted by Crippen LogP contribution is -2.46. The van der Waals surface area contributed by atoms with Gasteiger partial charge in [-0.05, 0) is 25.5 Å². The molecule has 0 radical (unpaired) electrons. The van der Waals surface area contributed by atoms with Crippen molar-refractivity contribution in [2.24, 2.45) is 11.1 Å². The van der Waals surface area contributed by atoms with Gasteiger partial charge >= 0.3 is 0 Å². The molecule has 0 saturated carbocycles. The zero-order valence-electron chi connectivity index (χ0n) is 10.7. The van der Waals surface area contributed by atoms with Crippen LogP contribution in [0, 0.1) is 11.2 Å². The fourth-order valence-electron chi connectivity index (χ4n) is 1.91. The lowest BCUT2D eigenvalue weighted by Gasteiger charge is -2.42. The van der Waals surface area contributed by atoms with Crippen LogP contribution in [-0.2, 0) is 5.60 Å². The third-order valence-electron chi connectivity index (χ3n) is 3.94. The van der Waals surface area contributed by atoms with Crippen molar-refractivity contribution in [3.05, 3.63) is 33.6 Å². The number of benzene rings is 1. The second-order valence-corrected chi connectivity index (χ2v) is 5.75. The van der Waals surface area contributed by atoms with Gasteiger partial charge in [-0.25, -0.2) is 4.39 Å². The van der Waals surface area contributed by atoms with E-state index in [1.807, 2.05) is 13.8 Å². The van der Waals surface area contributed by atoms with Crippen molar-refractivity contribution >= 4 is 23.2 Å². The van der Waals surface area contributed by atoms with E-state index >= 15 is 0 Å². The Hall–Kier alpha value is -0.350. The van der Waals surface area contributed by atoms with Crippen LogP contribution in [0.5, 0.6) is 0 Å². The smallest absolute Gasteiger partial charge is 0.142 e. The minimum atomic E-state index is -1.33. The number of nitrogens with two attached hydrogens (primary N) is 1. The van der Waals surface area contributed by atoms with Crippen LogP contribution in [0.3, 0.4) is 0 Å². The Morgan fingerprint density at radius 2 is 1.83 bits per heavy atom. The van der Waals surface area contributed by atoms with Gasteiger partial charge in [0.05, 0.1) is 10.6 Å². The van der Waals surface area contributed by atoms with Gasteiger partial charge in [0.15, 0.2) is 0 Å². The quantitative estimate of drug-likeness (QED) is 0.831. The second kappa shape index (κ2) is 5.33. The maximum Gasteiger partial charge on any atom is 0.142 e. The Kier molecular flexibility index (Phi) is 4.65. The Balaban J connectivity index is 3.40. The van der Waals surface area contributed by atoms with E-state index in [0.717, 1.165) is 0 Å². The molecule has 0 fully saturated rings. The Morgan fingerprint density at radius 3 is 2.28 bits per heavy atom. The number of hydrogen-bond donors (Lipinski definition) is 2. The number of halogens is 3. The highest BCUT2D eigenvalue weighted by atomic mass is 35.5. The third-order valence-corrected chi connectivity index (χ3v) is 4.54. The van der Waals surface area contributed by atoms with Gasteiger partial charge < -0.3 is 10.8 Å². The first-order chi connectivity index (χ1) is 8.19. The van der Waals surface area contributed by atoms with Crippen LogP contribution in [0.2, 0.25) is 10.0 Å². The van der Waals surface area contributed by atoms with E-state index in [1.54, 1.807) is 6.92 Å². The third kappa shape index (κ3) is 2.50. The number of rotatable bonds is 4. The van der Waals surface area contributed by atoms with Crippen LogP contribution in [0.25, 0.3) is 0 Å². The topological polar surface area (TPSA) is 46.2 Å². The van der Waals surface area contributed by atoms with E-state index < -0.39 is 16.8 Å². The summed E-state index contributed by atoms with van der Waals surface area (Å²) in [6, 6.07) is 2.48. The Morgan fingerprint density at radius 1 is 1.28 bits per heavy atom. The minimum Gasteiger partial charge on any atom is -0.385 e. The van der Waals surface area contributed by atoms with Crippen LogP contribution in [0.4, 0.5) is 4.39 Å². The molecule has 102 valence electrons. The molecule has 2 nitrogen and oxygen atoms in total. The van der Waals surface area contributed by atoms with Gasteiger partial charge in [-0.3, -0.25) is 0 Å². The first kappa shape index (κ1) is 15.7. The predicted octanol–water partition coefficient (Wildman–Crippen LogP) is 3.72. The molecule has 0 aliphatic heterocycles. The van der Waals surface area contributed by atoms with E-state index in [4.69, 9.17) is 28.9 Å². The molecular weight excluding hydrogens is 276 g/mol. The Labute approximate surface area is 117 Å². The van der Waals surface area contributed by atoms with Crippen LogP contribution in [0.1, 0.15) is 32.8 Å². The van der Waals surface area contributed by atoms with Gasteiger partial charge in [0.2, 0.25) is 0 Å². The first-order valence-corrected chi connectivity index (χ1v) is 6.52. The zero-order valence-corrected chi connectivity index (χ0v) is 12.2. The first-order valence-electron chi connectivity index (χ1n) is 5.77. The molecule has 1 rings (SSSR count). The standard InChI is InChI=1S/C13H18Cl2FNO/c1-4-12(2,7-17)13(3,18)8-5-11(16)10(15)6-9(8)14/h5-6,18H,4,7,17H2,1-3H3. The van der Waals surface area contributed by atoms with Gasteiger partial charge in [0.25, 0.3) is 0 Å². The van der Waals surface area contributed by atoms with E-state index in [1.165, 1.54) is 12.1 Å². The highest BCUT2D eigenvalue weighted by Crippen LogP contribution is 2.44. The lowest BCUT2D eigenvalue weighted by atomic mass is 9.69. The molecule has 0 heterocycles. The van der Waals surface area contributed by atoms with Crippen molar-refractivity contribution in [2.75, 3.05) is 6.54 Å². The summed E-state index contributed by atoms with van der Waals surface area (Å²) in [5, 5.41) is 10.9. The fourth-order valence-corrected chi connectivity index (χ4v) is 2.48. The van der Waals surface area contributed by atoms with E-state index in [2.05, 4.69) is 0 Å². The molecule has 3 N–H and O–H groups in total. The summed E-state index contributed by atoms with van der Waals surface area (Å²) < 4.78 is 13.6. The molecule has 0 spiro atoms. The van der Waals surface area contributed by atoms with E-state index in [9.17, 15) is 9.50 Å². The van der Waals surface area contributed by atoms with Crippen molar-refractivity contribution in [2.45, 2.75) is 32.8 Å². The molecule has 2 unspecified atom stereocenters. The van der Waals surface area contributed by atoms with Crippen molar-refractivity contribution in [1.82, 2.24) is 0 Å². The summed E-state index contributed by atoms with van der Waals surface area (Å²) in [7, 11) is 0. The SMILES string of the molecule is CCC(C)(CN)C(C)(O)c1cc(F)c(Cl)cc1Cl. The molecule has 0 bridgehead atoms. The molecule has 2 atom stereocenters. The van der Waals surface area contributed by atoms with Gasteiger partial charge in [0.1, 0.15) is 5.82 Å². The summed E-state index contributed by atoms with van der Waals surface area (Å²) in [5.41, 5.74) is 4.11. The molecule has 5 heteroatoms. The normalized spacial score (nSPS) is 18.2. The molecule has 18 heavy (non-hydrogen) atoms. The summed E-state index contributed by atoms with van der Waals surface area (Å²) >= 11 is 11.7. The number of hydrogen-bond acceptors (Lipinski definition) is 2. The Bertz CT molecular complexity index is 445. The summed E-state index contributed by atoms with van der Waals surface area (Å²) in [6.45, 7) is 5.62. The number of aliphatic hydroxyl groups is 1. The van der Waals surface area contributed by atoms with Crippen molar-refractivity contribution in [1.29, 1.82) is 0 Å². The van der Waals surface area contributed by atoms with Gasteiger partial charge in [-0.15, -0.1) is 0 Å². The van der Waals surface area contributed by atoms with E-state index in [-0.39, 0.29) is 16.6 Å². The van der Waals surface area contributed by atoms with Gasteiger partial charge in [-0.2, -0.15) is 0 Å². The monoisotopic (exact) mass is 293 g/mol. The second-order valence-electron chi connectivity index (χ2n) is 4.94. The van der Waals surface area contributed by atoms with Crippen LogP contribution < -0.4 is 5.73 Å². The molecular formula is C13H18Cl2FNO. The van der Waals surface area contributed by atoms with Gasteiger partial charge in [-0.1, -0.05) is 37.0 Å². The minimum absolute atomic E-state index is 0.0644. The molecule has 0 aliphatic rings. The van der Waals surface area contributed by atoms with Crippen molar-refractivity contribution < 1.29 is 9.50 Å². The molecule has 0 aliphatic carbocycles. The van der Waals surface area contributed by atoms with Crippen LogP contribution in [0.15, 0.2) is 12.1 Å². The highest BCUT2D eigenvalue weighted by Gasteiger charge is 2.43. The maximum absolute atomic E-state index is 13.6. The fraction of sp³-hybridized carbons (Fsp3) is 0.538. The van der Waals surface area contributed by atoms with Crippen LogP contribution in [-0.4, -0.2) is 11.7 Å². The zero-order chi connectivity index (χ0) is 14.1.